The van der Waals surface area contributed by atoms with Crippen molar-refractivity contribution in [2.75, 3.05) is 10.6 Å². The third-order valence-corrected chi connectivity index (χ3v) is 4.31. The van der Waals surface area contributed by atoms with Gasteiger partial charge in [-0.15, -0.1) is 0 Å². The lowest BCUT2D eigenvalue weighted by Crippen LogP contribution is -2.06. The fraction of sp³-hybridized carbons (Fsp3) is 0.0435. The van der Waals surface area contributed by atoms with E-state index in [0.717, 1.165) is 16.8 Å². The normalized spacial score (nSPS) is 10.2. The maximum atomic E-state index is 9.35. The standard InChI is InChI=1S/C23H18N6/c24-15-19-8-4-5-9-20(19)27-22-14-21(18-6-2-1-3-7-18)28-23(29-22)26-16-17-10-12-25-13-11-17/h1-14H,16H2,(H2,26,27,28,29). The summed E-state index contributed by atoms with van der Waals surface area (Å²) in [5, 5.41) is 15.9. The number of aromatic nitrogens is 3. The van der Waals surface area contributed by atoms with Crippen molar-refractivity contribution in [1.82, 2.24) is 15.0 Å². The maximum Gasteiger partial charge on any atom is 0.225 e. The fourth-order valence-electron chi connectivity index (χ4n) is 2.86. The summed E-state index contributed by atoms with van der Waals surface area (Å²) in [6.07, 6.45) is 3.51. The highest BCUT2D eigenvalue weighted by molar-refractivity contribution is 5.69. The van der Waals surface area contributed by atoms with Crippen LogP contribution < -0.4 is 10.6 Å². The van der Waals surface area contributed by atoms with Crippen LogP contribution in [0.15, 0.2) is 85.2 Å². The maximum absolute atomic E-state index is 9.35. The molecule has 6 nitrogen and oxygen atoms in total. The summed E-state index contributed by atoms with van der Waals surface area (Å²) in [5.74, 6) is 1.11. The summed E-state index contributed by atoms with van der Waals surface area (Å²) in [7, 11) is 0. The van der Waals surface area contributed by atoms with Crippen molar-refractivity contribution in [2.45, 2.75) is 6.54 Å². The van der Waals surface area contributed by atoms with Crippen LogP contribution in [0.25, 0.3) is 11.3 Å². The van der Waals surface area contributed by atoms with Gasteiger partial charge in [-0.25, -0.2) is 4.98 Å². The number of anilines is 3. The molecule has 2 N–H and O–H groups in total. The van der Waals surface area contributed by atoms with Crippen LogP contribution in [0.5, 0.6) is 0 Å². The molecule has 0 saturated carbocycles. The molecule has 4 aromatic rings. The van der Waals surface area contributed by atoms with Gasteiger partial charge in [0.1, 0.15) is 11.9 Å². The van der Waals surface area contributed by atoms with E-state index in [1.54, 1.807) is 18.5 Å². The molecule has 4 rings (SSSR count). The second-order valence-electron chi connectivity index (χ2n) is 6.32. The van der Waals surface area contributed by atoms with E-state index in [9.17, 15) is 5.26 Å². The second-order valence-corrected chi connectivity index (χ2v) is 6.32. The number of hydrogen-bond acceptors (Lipinski definition) is 6. The predicted molar refractivity (Wildman–Crippen MR) is 113 cm³/mol. The van der Waals surface area contributed by atoms with Gasteiger partial charge in [0.25, 0.3) is 0 Å². The van der Waals surface area contributed by atoms with Crippen molar-refractivity contribution in [3.05, 3.63) is 96.3 Å². The molecule has 0 spiro atoms. The summed E-state index contributed by atoms with van der Waals surface area (Å²) >= 11 is 0. The zero-order valence-electron chi connectivity index (χ0n) is 15.6. The Balaban J connectivity index is 1.67. The topological polar surface area (TPSA) is 86.5 Å². The van der Waals surface area contributed by atoms with Crippen LogP contribution >= 0.6 is 0 Å². The highest BCUT2D eigenvalue weighted by atomic mass is 15.1. The van der Waals surface area contributed by atoms with E-state index in [1.165, 1.54) is 0 Å². The van der Waals surface area contributed by atoms with Crippen LogP contribution in [0.4, 0.5) is 17.5 Å². The molecule has 0 amide bonds. The van der Waals surface area contributed by atoms with Crippen molar-refractivity contribution in [3.63, 3.8) is 0 Å². The lowest BCUT2D eigenvalue weighted by molar-refractivity contribution is 1.05. The Morgan fingerprint density at radius 2 is 1.62 bits per heavy atom. The van der Waals surface area contributed by atoms with Crippen molar-refractivity contribution in [3.8, 4) is 17.3 Å². The molecule has 29 heavy (non-hydrogen) atoms. The Bertz CT molecular complexity index is 1140. The Morgan fingerprint density at radius 1 is 0.862 bits per heavy atom. The first kappa shape index (κ1) is 18.1. The van der Waals surface area contributed by atoms with Gasteiger partial charge in [0.15, 0.2) is 0 Å². The average Bonchev–Trinajstić information content (AvgIpc) is 2.79. The largest absolute Gasteiger partial charge is 0.350 e. The van der Waals surface area contributed by atoms with Gasteiger partial charge in [-0.05, 0) is 29.8 Å². The molecule has 2 aromatic heterocycles. The number of pyridine rings is 1. The van der Waals surface area contributed by atoms with Gasteiger partial charge in [-0.2, -0.15) is 10.2 Å². The van der Waals surface area contributed by atoms with Crippen LogP contribution in [0.3, 0.4) is 0 Å². The van der Waals surface area contributed by atoms with Crippen LogP contribution in [-0.2, 0) is 6.54 Å². The third-order valence-electron chi connectivity index (χ3n) is 4.31. The zero-order chi connectivity index (χ0) is 19.9. The van der Waals surface area contributed by atoms with Gasteiger partial charge in [0.05, 0.1) is 16.9 Å². The molecule has 0 aliphatic carbocycles. The molecular formula is C23H18N6. The van der Waals surface area contributed by atoms with Crippen LogP contribution in [0.2, 0.25) is 0 Å². The van der Waals surface area contributed by atoms with E-state index < -0.39 is 0 Å². The quantitative estimate of drug-likeness (QED) is 0.503. The van der Waals surface area contributed by atoms with E-state index in [2.05, 4.69) is 31.7 Å². The molecule has 140 valence electrons. The molecule has 0 bridgehead atoms. The molecule has 6 heteroatoms. The molecule has 0 fully saturated rings. The number of nitriles is 1. The van der Waals surface area contributed by atoms with Crippen molar-refractivity contribution in [1.29, 1.82) is 5.26 Å². The Labute approximate surface area is 168 Å². The van der Waals surface area contributed by atoms with Gasteiger partial charge in [0.2, 0.25) is 5.95 Å². The van der Waals surface area contributed by atoms with Gasteiger partial charge < -0.3 is 10.6 Å². The number of rotatable bonds is 6. The first-order valence-electron chi connectivity index (χ1n) is 9.15. The van der Waals surface area contributed by atoms with Crippen LogP contribution in [0.1, 0.15) is 11.1 Å². The Morgan fingerprint density at radius 3 is 2.41 bits per heavy atom. The van der Waals surface area contributed by atoms with E-state index in [1.807, 2.05) is 66.7 Å². The first-order chi connectivity index (χ1) is 14.3. The number of nitrogens with one attached hydrogen (secondary N) is 2. The minimum absolute atomic E-state index is 0.500. The fourth-order valence-corrected chi connectivity index (χ4v) is 2.86. The molecular weight excluding hydrogens is 360 g/mol. The van der Waals surface area contributed by atoms with Gasteiger partial charge in [-0.3, -0.25) is 4.98 Å². The van der Waals surface area contributed by atoms with Crippen molar-refractivity contribution < 1.29 is 0 Å². The highest BCUT2D eigenvalue weighted by Gasteiger charge is 2.09. The molecule has 0 radical (unpaired) electrons. The molecule has 2 aromatic carbocycles. The summed E-state index contributed by atoms with van der Waals surface area (Å²) < 4.78 is 0. The van der Waals surface area contributed by atoms with Crippen molar-refractivity contribution in [2.24, 2.45) is 0 Å². The molecule has 0 unspecified atom stereocenters. The molecule has 0 atom stereocenters. The summed E-state index contributed by atoms with van der Waals surface area (Å²) in [4.78, 5) is 13.3. The van der Waals surface area contributed by atoms with Gasteiger partial charge >= 0.3 is 0 Å². The minimum atomic E-state index is 0.500. The molecule has 0 aliphatic heterocycles. The lowest BCUT2D eigenvalue weighted by atomic mass is 10.1. The van der Waals surface area contributed by atoms with E-state index in [0.29, 0.717) is 29.6 Å². The first-order valence-corrected chi connectivity index (χ1v) is 9.15. The third kappa shape index (κ3) is 4.54. The van der Waals surface area contributed by atoms with Gasteiger partial charge in [-0.1, -0.05) is 42.5 Å². The Kier molecular flexibility index (Phi) is 5.40. The molecule has 0 aliphatic rings. The SMILES string of the molecule is N#Cc1ccccc1Nc1cc(-c2ccccc2)nc(NCc2ccncc2)n1. The zero-order valence-corrected chi connectivity index (χ0v) is 15.6. The smallest absolute Gasteiger partial charge is 0.225 e. The number of hydrogen-bond donors (Lipinski definition) is 2. The lowest BCUT2D eigenvalue weighted by Gasteiger charge is -2.12. The van der Waals surface area contributed by atoms with E-state index in [-0.39, 0.29) is 0 Å². The van der Waals surface area contributed by atoms with Crippen LogP contribution in [0, 0.1) is 11.3 Å². The summed E-state index contributed by atoms with van der Waals surface area (Å²) in [6.45, 7) is 0.578. The Hall–Kier alpha value is -4.24. The van der Waals surface area contributed by atoms with Crippen molar-refractivity contribution >= 4 is 17.5 Å². The monoisotopic (exact) mass is 378 g/mol. The summed E-state index contributed by atoms with van der Waals surface area (Å²) in [6, 6.07) is 25.2. The molecule has 2 heterocycles. The number of nitrogens with zero attached hydrogens (tertiary/aromatic N) is 4. The number of para-hydroxylation sites is 1. The highest BCUT2D eigenvalue weighted by Crippen LogP contribution is 2.25. The predicted octanol–water partition coefficient (Wildman–Crippen LogP) is 4.77. The van der Waals surface area contributed by atoms with Gasteiger partial charge in [0, 0.05) is 30.6 Å². The second kappa shape index (κ2) is 8.63. The van der Waals surface area contributed by atoms with E-state index >= 15 is 0 Å². The number of benzene rings is 2. The average molecular weight is 378 g/mol. The van der Waals surface area contributed by atoms with E-state index in [4.69, 9.17) is 0 Å². The van der Waals surface area contributed by atoms with Crippen LogP contribution in [-0.4, -0.2) is 15.0 Å². The summed E-state index contributed by atoms with van der Waals surface area (Å²) in [5.41, 5.74) is 4.11. The minimum Gasteiger partial charge on any atom is -0.350 e. The molecule has 0 saturated heterocycles.